The number of hydrogen-bond donors (Lipinski definition) is 1. The second kappa shape index (κ2) is 9.08. The summed E-state index contributed by atoms with van der Waals surface area (Å²) in [5, 5.41) is 3.49. The van der Waals surface area contributed by atoms with Crippen molar-refractivity contribution in [2.24, 2.45) is 5.41 Å². The molecule has 0 atom stereocenters. The van der Waals surface area contributed by atoms with E-state index in [9.17, 15) is 0 Å². The molecule has 1 rings (SSSR count). The Balaban J connectivity index is 2.12. The Morgan fingerprint density at radius 2 is 1.84 bits per heavy atom. The van der Waals surface area contributed by atoms with Crippen molar-refractivity contribution in [3.63, 3.8) is 0 Å². The lowest BCUT2D eigenvalue weighted by molar-refractivity contribution is 0.0489. The second-order valence-electron chi connectivity index (χ2n) is 5.65. The quantitative estimate of drug-likeness (QED) is 0.660. The van der Waals surface area contributed by atoms with Gasteiger partial charge in [0.2, 0.25) is 0 Å². The molecule has 0 heterocycles. The fourth-order valence-electron chi connectivity index (χ4n) is 1.85. The summed E-state index contributed by atoms with van der Waals surface area (Å²) in [5.41, 5.74) is 1.47. The van der Waals surface area contributed by atoms with Gasteiger partial charge in [0.1, 0.15) is 0 Å². The standard InChI is InChI=1S/C16H27NO2/c1-16(2,14-19-11-7-10-18-3)13-17-12-15-8-5-4-6-9-15/h4-6,8-9,17H,7,10-14H2,1-3H3. The molecule has 0 saturated carbocycles. The maximum Gasteiger partial charge on any atom is 0.0529 e. The number of rotatable bonds is 10. The van der Waals surface area contributed by atoms with Crippen molar-refractivity contribution in [1.82, 2.24) is 5.32 Å². The average Bonchev–Trinajstić information content (AvgIpc) is 2.39. The zero-order valence-corrected chi connectivity index (χ0v) is 12.4. The van der Waals surface area contributed by atoms with Crippen molar-refractivity contribution in [2.75, 3.05) is 33.5 Å². The van der Waals surface area contributed by atoms with Gasteiger partial charge in [-0.25, -0.2) is 0 Å². The zero-order chi connectivity index (χ0) is 14.0. The molecule has 0 amide bonds. The van der Waals surface area contributed by atoms with Gasteiger partial charge in [0.05, 0.1) is 6.61 Å². The molecule has 1 aromatic rings. The highest BCUT2D eigenvalue weighted by Gasteiger charge is 2.17. The third-order valence-corrected chi connectivity index (χ3v) is 2.91. The molecule has 3 nitrogen and oxygen atoms in total. The van der Waals surface area contributed by atoms with Gasteiger partial charge in [0.15, 0.2) is 0 Å². The van der Waals surface area contributed by atoms with Crippen molar-refractivity contribution in [2.45, 2.75) is 26.8 Å². The van der Waals surface area contributed by atoms with Gasteiger partial charge in [0.25, 0.3) is 0 Å². The molecule has 1 N–H and O–H groups in total. The predicted octanol–water partition coefficient (Wildman–Crippen LogP) is 2.86. The first-order valence-corrected chi connectivity index (χ1v) is 6.95. The van der Waals surface area contributed by atoms with E-state index in [2.05, 4.69) is 43.4 Å². The minimum atomic E-state index is 0.155. The third kappa shape index (κ3) is 7.98. The number of nitrogens with one attached hydrogen (secondary N) is 1. The summed E-state index contributed by atoms with van der Waals surface area (Å²) in [6.07, 6.45) is 0.962. The van der Waals surface area contributed by atoms with Crippen LogP contribution in [-0.4, -0.2) is 33.5 Å². The Bertz CT molecular complexity index is 325. The molecule has 3 heteroatoms. The molecule has 0 bridgehead atoms. The van der Waals surface area contributed by atoms with Crippen LogP contribution in [-0.2, 0) is 16.0 Å². The van der Waals surface area contributed by atoms with E-state index in [0.717, 1.165) is 39.3 Å². The van der Waals surface area contributed by atoms with Crippen LogP contribution < -0.4 is 5.32 Å². The second-order valence-corrected chi connectivity index (χ2v) is 5.65. The molecule has 19 heavy (non-hydrogen) atoms. The van der Waals surface area contributed by atoms with E-state index < -0.39 is 0 Å². The van der Waals surface area contributed by atoms with E-state index in [1.807, 2.05) is 6.07 Å². The van der Waals surface area contributed by atoms with Crippen LogP contribution in [0.2, 0.25) is 0 Å². The van der Waals surface area contributed by atoms with Gasteiger partial charge >= 0.3 is 0 Å². The number of hydrogen-bond acceptors (Lipinski definition) is 3. The fourth-order valence-corrected chi connectivity index (χ4v) is 1.85. The Kier molecular flexibility index (Phi) is 7.72. The number of ether oxygens (including phenoxy) is 2. The van der Waals surface area contributed by atoms with Crippen LogP contribution >= 0.6 is 0 Å². The van der Waals surface area contributed by atoms with E-state index in [4.69, 9.17) is 9.47 Å². The highest BCUT2D eigenvalue weighted by molar-refractivity contribution is 5.14. The molecule has 0 spiro atoms. The van der Waals surface area contributed by atoms with Crippen LogP contribution in [0.4, 0.5) is 0 Å². The highest BCUT2D eigenvalue weighted by atomic mass is 16.5. The fraction of sp³-hybridized carbons (Fsp3) is 0.625. The van der Waals surface area contributed by atoms with Crippen LogP contribution in [0.25, 0.3) is 0 Å². The lowest BCUT2D eigenvalue weighted by Crippen LogP contribution is -2.33. The summed E-state index contributed by atoms with van der Waals surface area (Å²) in [5.74, 6) is 0. The van der Waals surface area contributed by atoms with Gasteiger partial charge in [-0.15, -0.1) is 0 Å². The zero-order valence-electron chi connectivity index (χ0n) is 12.4. The van der Waals surface area contributed by atoms with Gasteiger partial charge in [-0.3, -0.25) is 0 Å². The van der Waals surface area contributed by atoms with Gasteiger partial charge in [-0.05, 0) is 12.0 Å². The third-order valence-electron chi connectivity index (χ3n) is 2.91. The van der Waals surface area contributed by atoms with Crippen LogP contribution in [0.3, 0.4) is 0 Å². The molecular weight excluding hydrogens is 238 g/mol. The maximum absolute atomic E-state index is 5.68. The molecular formula is C16H27NO2. The average molecular weight is 265 g/mol. The normalized spacial score (nSPS) is 11.7. The number of methoxy groups -OCH3 is 1. The smallest absolute Gasteiger partial charge is 0.0529 e. The van der Waals surface area contributed by atoms with Crippen LogP contribution in [0, 0.1) is 5.41 Å². The molecule has 0 aliphatic heterocycles. The first-order valence-electron chi connectivity index (χ1n) is 6.95. The number of benzene rings is 1. The summed E-state index contributed by atoms with van der Waals surface area (Å²) in [7, 11) is 1.72. The predicted molar refractivity (Wildman–Crippen MR) is 79.2 cm³/mol. The van der Waals surface area contributed by atoms with E-state index >= 15 is 0 Å². The Hall–Kier alpha value is -0.900. The van der Waals surface area contributed by atoms with Gasteiger partial charge < -0.3 is 14.8 Å². The topological polar surface area (TPSA) is 30.5 Å². The first-order chi connectivity index (χ1) is 9.14. The van der Waals surface area contributed by atoms with E-state index in [0.29, 0.717) is 0 Å². The molecule has 0 aliphatic rings. The monoisotopic (exact) mass is 265 g/mol. The van der Waals surface area contributed by atoms with Crippen molar-refractivity contribution in [1.29, 1.82) is 0 Å². The van der Waals surface area contributed by atoms with Gasteiger partial charge in [-0.1, -0.05) is 44.2 Å². The van der Waals surface area contributed by atoms with Crippen LogP contribution in [0.5, 0.6) is 0 Å². The van der Waals surface area contributed by atoms with Crippen molar-refractivity contribution >= 4 is 0 Å². The summed E-state index contributed by atoms with van der Waals surface area (Å²) in [4.78, 5) is 0. The molecule has 0 aromatic heterocycles. The van der Waals surface area contributed by atoms with Crippen LogP contribution in [0.1, 0.15) is 25.8 Å². The van der Waals surface area contributed by atoms with E-state index in [1.165, 1.54) is 5.56 Å². The first kappa shape index (κ1) is 16.2. The molecule has 0 radical (unpaired) electrons. The Morgan fingerprint density at radius 1 is 1.11 bits per heavy atom. The van der Waals surface area contributed by atoms with Gasteiger partial charge in [-0.2, -0.15) is 0 Å². The minimum Gasteiger partial charge on any atom is -0.385 e. The molecule has 1 aromatic carbocycles. The van der Waals surface area contributed by atoms with Crippen molar-refractivity contribution < 1.29 is 9.47 Å². The molecule has 0 unspecified atom stereocenters. The molecule has 0 saturated heterocycles. The Morgan fingerprint density at radius 3 is 2.53 bits per heavy atom. The van der Waals surface area contributed by atoms with Gasteiger partial charge in [0, 0.05) is 38.8 Å². The molecule has 0 aliphatic carbocycles. The SMILES string of the molecule is COCCCOCC(C)(C)CNCc1ccccc1. The summed E-state index contributed by atoms with van der Waals surface area (Å²) < 4.78 is 10.7. The maximum atomic E-state index is 5.68. The van der Waals surface area contributed by atoms with E-state index in [1.54, 1.807) is 7.11 Å². The lowest BCUT2D eigenvalue weighted by Gasteiger charge is -2.25. The van der Waals surface area contributed by atoms with Crippen LogP contribution in [0.15, 0.2) is 30.3 Å². The summed E-state index contributed by atoms with van der Waals surface area (Å²) in [6.45, 7) is 8.63. The summed E-state index contributed by atoms with van der Waals surface area (Å²) in [6, 6.07) is 10.5. The lowest BCUT2D eigenvalue weighted by atomic mass is 9.95. The largest absolute Gasteiger partial charge is 0.385 e. The van der Waals surface area contributed by atoms with Crippen molar-refractivity contribution in [3.8, 4) is 0 Å². The minimum absolute atomic E-state index is 0.155. The summed E-state index contributed by atoms with van der Waals surface area (Å²) >= 11 is 0. The van der Waals surface area contributed by atoms with Crippen molar-refractivity contribution in [3.05, 3.63) is 35.9 Å². The molecule has 0 fully saturated rings. The van der Waals surface area contributed by atoms with E-state index in [-0.39, 0.29) is 5.41 Å². The Labute approximate surface area is 117 Å². The molecule has 108 valence electrons. The highest BCUT2D eigenvalue weighted by Crippen LogP contribution is 2.14.